The van der Waals surface area contributed by atoms with Gasteiger partial charge in [-0.25, -0.2) is 0 Å². The van der Waals surface area contributed by atoms with Gasteiger partial charge in [-0.1, -0.05) is 11.3 Å². The Kier molecular flexibility index (Phi) is 3.50. The number of carbonyl (C=O) groups excluding carboxylic acids is 1. The maximum Gasteiger partial charge on any atom is 0.261 e. The predicted octanol–water partition coefficient (Wildman–Crippen LogP) is 1.97. The van der Waals surface area contributed by atoms with Gasteiger partial charge in [0.1, 0.15) is 0 Å². The Balaban J connectivity index is 1.69. The minimum Gasteiger partial charge on any atom is -0.487 e. The van der Waals surface area contributed by atoms with E-state index >= 15 is 0 Å². The third-order valence-electron chi connectivity index (χ3n) is 4.48. The predicted molar refractivity (Wildman–Crippen MR) is 75.9 cm³/mol. The standard InChI is InChI=1S/C14H20N2O2S/c1-9-13(10-5-7-16(9)8-6-10)15-14(17)11-3-4-12(18-2)19-11/h3-4,9-10,13H,5-8H2,1-2H3,(H,15,17)/t9-,13-/m0/s1/i14+1. The third-order valence-corrected chi connectivity index (χ3v) is 5.53. The maximum atomic E-state index is 12.3. The van der Waals surface area contributed by atoms with Crippen LogP contribution in [-0.2, 0) is 0 Å². The molecule has 19 heavy (non-hydrogen) atoms. The number of carbonyl (C=O) groups is 1. The number of thiophene rings is 1. The number of piperidine rings is 3. The first-order valence-corrected chi connectivity index (χ1v) is 7.69. The molecule has 0 radical (unpaired) electrons. The van der Waals surface area contributed by atoms with Crippen LogP contribution in [0.1, 0.15) is 29.4 Å². The van der Waals surface area contributed by atoms with Crippen LogP contribution in [0.15, 0.2) is 12.1 Å². The van der Waals surface area contributed by atoms with Gasteiger partial charge in [0, 0.05) is 12.1 Å². The molecular weight excluding hydrogens is 261 g/mol. The van der Waals surface area contributed by atoms with Crippen molar-refractivity contribution in [3.63, 3.8) is 0 Å². The number of nitrogens with one attached hydrogen (secondary N) is 1. The van der Waals surface area contributed by atoms with Gasteiger partial charge in [0.2, 0.25) is 0 Å². The average Bonchev–Trinajstić information content (AvgIpc) is 2.92. The quantitative estimate of drug-likeness (QED) is 0.861. The van der Waals surface area contributed by atoms with E-state index in [1.165, 1.54) is 37.3 Å². The Bertz CT molecular complexity index is 464. The van der Waals surface area contributed by atoms with Crippen LogP contribution >= 0.6 is 11.3 Å². The van der Waals surface area contributed by atoms with Crippen LogP contribution in [0.3, 0.4) is 0 Å². The summed E-state index contributed by atoms with van der Waals surface area (Å²) in [7, 11) is 1.63. The van der Waals surface area contributed by atoms with Crippen molar-refractivity contribution in [3.8, 4) is 5.06 Å². The summed E-state index contributed by atoms with van der Waals surface area (Å²) in [5.41, 5.74) is 0. The number of fused-ring (bicyclic) bond motifs is 3. The van der Waals surface area contributed by atoms with Gasteiger partial charge in [-0.2, -0.15) is 0 Å². The van der Waals surface area contributed by atoms with Gasteiger partial charge in [0.05, 0.1) is 12.0 Å². The normalized spacial score (nSPS) is 33.2. The van der Waals surface area contributed by atoms with E-state index in [2.05, 4.69) is 17.1 Å². The Morgan fingerprint density at radius 2 is 2.16 bits per heavy atom. The third kappa shape index (κ3) is 2.37. The molecule has 1 aromatic heterocycles. The van der Waals surface area contributed by atoms with Crippen LogP contribution in [-0.4, -0.2) is 43.1 Å². The lowest BCUT2D eigenvalue weighted by molar-refractivity contribution is 0.0218. The molecule has 0 aliphatic carbocycles. The largest absolute Gasteiger partial charge is 0.487 e. The first kappa shape index (κ1) is 12.9. The molecule has 1 amide bonds. The molecule has 4 heterocycles. The number of methoxy groups -OCH3 is 1. The van der Waals surface area contributed by atoms with Crippen molar-refractivity contribution < 1.29 is 9.53 Å². The molecule has 2 bridgehead atoms. The summed E-state index contributed by atoms with van der Waals surface area (Å²) in [5, 5.41) is 4.01. The highest BCUT2D eigenvalue weighted by Gasteiger charge is 2.40. The van der Waals surface area contributed by atoms with Gasteiger partial charge in [0.25, 0.3) is 5.91 Å². The van der Waals surface area contributed by atoms with E-state index in [-0.39, 0.29) is 5.91 Å². The van der Waals surface area contributed by atoms with E-state index in [1.54, 1.807) is 7.11 Å². The van der Waals surface area contributed by atoms with Gasteiger partial charge in [-0.15, -0.1) is 0 Å². The van der Waals surface area contributed by atoms with Crippen LogP contribution in [0.25, 0.3) is 0 Å². The van der Waals surface area contributed by atoms with Crippen molar-refractivity contribution in [2.75, 3.05) is 20.2 Å². The Morgan fingerprint density at radius 1 is 1.42 bits per heavy atom. The van der Waals surface area contributed by atoms with Crippen LogP contribution in [0.5, 0.6) is 5.06 Å². The molecule has 3 fully saturated rings. The maximum absolute atomic E-state index is 12.3. The zero-order valence-electron chi connectivity index (χ0n) is 11.4. The smallest absolute Gasteiger partial charge is 0.261 e. The molecule has 2 atom stereocenters. The highest BCUT2D eigenvalue weighted by atomic mass is 32.1. The Labute approximate surface area is 117 Å². The fraction of sp³-hybridized carbons (Fsp3) is 0.643. The number of amides is 1. The van der Waals surface area contributed by atoms with Crippen LogP contribution in [0.4, 0.5) is 0 Å². The van der Waals surface area contributed by atoms with Crippen molar-refractivity contribution >= 4 is 17.2 Å². The van der Waals surface area contributed by atoms with Gasteiger partial charge in [0.15, 0.2) is 5.06 Å². The highest BCUT2D eigenvalue weighted by molar-refractivity contribution is 7.15. The summed E-state index contributed by atoms with van der Waals surface area (Å²) in [6.07, 6.45) is 2.42. The molecule has 4 nitrogen and oxygen atoms in total. The zero-order chi connectivity index (χ0) is 13.4. The minimum atomic E-state index is 0.0406. The van der Waals surface area contributed by atoms with Crippen molar-refractivity contribution in [1.82, 2.24) is 10.2 Å². The fourth-order valence-electron chi connectivity index (χ4n) is 3.32. The molecule has 0 saturated carbocycles. The number of nitrogens with zero attached hydrogens (tertiary/aromatic N) is 1. The summed E-state index contributed by atoms with van der Waals surface area (Å²) in [6.45, 7) is 4.60. The second-order valence-corrected chi connectivity index (χ2v) is 6.48. The lowest BCUT2D eigenvalue weighted by atomic mass is 9.79. The number of hydrogen-bond acceptors (Lipinski definition) is 4. The molecule has 5 heteroatoms. The molecule has 0 spiro atoms. The molecule has 0 unspecified atom stereocenters. The zero-order valence-corrected chi connectivity index (χ0v) is 12.2. The second kappa shape index (κ2) is 5.13. The number of hydrogen-bond donors (Lipinski definition) is 1. The lowest BCUT2D eigenvalue weighted by Crippen LogP contribution is -2.62. The van der Waals surface area contributed by atoms with E-state index < -0.39 is 0 Å². The van der Waals surface area contributed by atoms with Crippen molar-refractivity contribution in [2.24, 2.45) is 5.92 Å². The summed E-state index contributed by atoms with van der Waals surface area (Å²) < 4.78 is 5.14. The Morgan fingerprint density at radius 3 is 2.74 bits per heavy atom. The molecule has 0 aromatic carbocycles. The van der Waals surface area contributed by atoms with E-state index in [4.69, 9.17) is 4.74 Å². The first-order chi connectivity index (χ1) is 9.19. The monoisotopic (exact) mass is 281 g/mol. The number of rotatable bonds is 3. The molecule has 1 N–H and O–H groups in total. The van der Waals surface area contributed by atoms with E-state index in [0.29, 0.717) is 18.0 Å². The number of ether oxygens (including phenoxy) is 1. The summed E-state index contributed by atoms with van der Waals surface area (Å²) in [5.74, 6) is 0.685. The van der Waals surface area contributed by atoms with Gasteiger partial charge < -0.3 is 10.1 Å². The van der Waals surface area contributed by atoms with Gasteiger partial charge in [-0.3, -0.25) is 9.69 Å². The van der Waals surface area contributed by atoms with Crippen LogP contribution in [0, 0.1) is 5.92 Å². The molecule has 3 aliphatic rings. The Hall–Kier alpha value is -1.07. The van der Waals surface area contributed by atoms with Crippen LogP contribution < -0.4 is 10.1 Å². The topological polar surface area (TPSA) is 41.6 Å². The van der Waals surface area contributed by atoms with E-state index in [9.17, 15) is 4.79 Å². The molecule has 4 rings (SSSR count). The van der Waals surface area contributed by atoms with Gasteiger partial charge in [-0.05, 0) is 50.9 Å². The van der Waals surface area contributed by atoms with Crippen LogP contribution in [0.2, 0.25) is 0 Å². The lowest BCUT2D eigenvalue weighted by Gasteiger charge is -2.49. The van der Waals surface area contributed by atoms with E-state index in [1.807, 2.05) is 12.1 Å². The van der Waals surface area contributed by atoms with Gasteiger partial charge >= 0.3 is 0 Å². The molecule has 1 aromatic rings. The summed E-state index contributed by atoms with van der Waals surface area (Å²) >= 11 is 1.40. The first-order valence-electron chi connectivity index (χ1n) is 6.88. The molecule has 3 saturated heterocycles. The molecule has 3 aliphatic heterocycles. The fourth-order valence-corrected chi connectivity index (χ4v) is 4.04. The van der Waals surface area contributed by atoms with Crippen molar-refractivity contribution in [3.05, 3.63) is 17.0 Å². The summed E-state index contributed by atoms with van der Waals surface area (Å²) in [4.78, 5) is 15.5. The van der Waals surface area contributed by atoms with Crippen molar-refractivity contribution in [1.29, 1.82) is 0 Å². The molecular formula is C14H20N2O2S. The van der Waals surface area contributed by atoms with Crippen molar-refractivity contribution in [2.45, 2.75) is 31.8 Å². The minimum absolute atomic E-state index is 0.0406. The summed E-state index contributed by atoms with van der Waals surface area (Å²) in [6, 6.07) is 4.44. The van der Waals surface area contributed by atoms with E-state index in [0.717, 1.165) is 9.94 Å². The second-order valence-electron chi connectivity index (χ2n) is 5.44. The SMILES string of the molecule is COc1ccc([13C](=O)N[C@@H]2C3CCN(CC3)[C@H]2C)s1. The average molecular weight is 281 g/mol. The highest BCUT2D eigenvalue weighted by Crippen LogP contribution is 2.32. The molecule has 104 valence electrons.